The number of nitrogens with zero attached hydrogens (tertiary/aromatic N) is 4. The molecule has 0 amide bonds. The first-order chi connectivity index (χ1) is 16.9. The average Bonchev–Trinajstić information content (AvgIpc) is 3.27. The normalized spacial score (nSPS) is 23.4. The fourth-order valence-corrected chi connectivity index (χ4v) is 6.13. The van der Waals surface area contributed by atoms with Crippen LogP contribution in [0.5, 0.6) is 0 Å². The van der Waals surface area contributed by atoms with Crippen LogP contribution < -0.4 is 0 Å². The van der Waals surface area contributed by atoms with Gasteiger partial charge < -0.3 is 4.79 Å². The second-order valence-corrected chi connectivity index (χ2v) is 9.67. The zero-order valence-corrected chi connectivity index (χ0v) is 19.5. The monoisotopic (exact) mass is 462 g/mol. The van der Waals surface area contributed by atoms with Crippen LogP contribution in [0.15, 0.2) is 72.6 Å². The lowest BCUT2D eigenvalue weighted by molar-refractivity contribution is -0.121. The molecule has 2 heterocycles. The molecule has 2 aromatic heterocycles. The Hall–Kier alpha value is -4.11. The molecule has 0 radical (unpaired) electrons. The highest BCUT2D eigenvalue weighted by atomic mass is 19.1. The van der Waals surface area contributed by atoms with E-state index in [1.54, 1.807) is 12.3 Å². The minimum atomic E-state index is -0.580. The fourth-order valence-electron chi connectivity index (χ4n) is 6.13. The number of Topliss-reactive ketones (excluding diaryl/α,β-unsaturated/α-hetero) is 1. The van der Waals surface area contributed by atoms with Gasteiger partial charge in [-0.2, -0.15) is 5.10 Å². The molecule has 6 rings (SSSR count). The maximum atomic E-state index is 14.2. The highest BCUT2D eigenvalue weighted by Crippen LogP contribution is 2.52. The number of ketones is 1. The summed E-state index contributed by atoms with van der Waals surface area (Å²) in [7, 11) is 0. The lowest BCUT2D eigenvalue weighted by Crippen LogP contribution is -2.46. The number of hydrogen-bond donors (Lipinski definition) is 0. The number of para-hydroxylation sites is 1. The number of aromatic nitrogens is 3. The summed E-state index contributed by atoms with van der Waals surface area (Å²) >= 11 is 0. The molecular weight excluding hydrogens is 439 g/mol. The van der Waals surface area contributed by atoms with Gasteiger partial charge in [-0.25, -0.2) is 13.9 Å². The molecule has 0 unspecified atom stereocenters. The Balaban J connectivity index is 1.71. The van der Waals surface area contributed by atoms with Crippen LogP contribution in [-0.2, 0) is 16.6 Å². The van der Waals surface area contributed by atoms with E-state index in [9.17, 15) is 9.18 Å². The van der Waals surface area contributed by atoms with Crippen molar-refractivity contribution in [1.29, 1.82) is 0 Å². The third kappa shape index (κ3) is 3.08. The number of pyridine rings is 1. The number of hydrogen-bond acceptors (Lipinski definition) is 3. The zero-order valence-electron chi connectivity index (χ0n) is 19.5. The van der Waals surface area contributed by atoms with Crippen molar-refractivity contribution in [1.82, 2.24) is 14.8 Å². The van der Waals surface area contributed by atoms with E-state index < -0.39 is 5.41 Å². The molecule has 6 heteroatoms. The van der Waals surface area contributed by atoms with Crippen molar-refractivity contribution in [3.8, 4) is 16.9 Å². The van der Waals surface area contributed by atoms with Gasteiger partial charge in [0, 0.05) is 34.0 Å². The predicted molar refractivity (Wildman–Crippen MR) is 132 cm³/mol. The predicted octanol–water partition coefficient (Wildman–Crippen LogP) is 6.07. The molecule has 0 fully saturated rings. The van der Waals surface area contributed by atoms with E-state index in [-0.39, 0.29) is 29.1 Å². The van der Waals surface area contributed by atoms with Crippen molar-refractivity contribution in [3.05, 3.63) is 101 Å². The number of benzene rings is 2. The molecule has 35 heavy (non-hydrogen) atoms. The largest absolute Gasteiger partial charge is 0.308 e. The van der Waals surface area contributed by atoms with Crippen LogP contribution in [0.3, 0.4) is 0 Å². The van der Waals surface area contributed by atoms with Crippen molar-refractivity contribution in [2.75, 3.05) is 0 Å². The Morgan fingerprint density at radius 3 is 2.80 bits per heavy atom. The lowest BCUT2D eigenvalue weighted by Gasteiger charge is -2.45. The highest BCUT2D eigenvalue weighted by Gasteiger charge is 2.50. The van der Waals surface area contributed by atoms with Crippen molar-refractivity contribution in [2.45, 2.75) is 32.1 Å². The van der Waals surface area contributed by atoms with Gasteiger partial charge in [0.1, 0.15) is 5.82 Å². The van der Waals surface area contributed by atoms with Crippen LogP contribution in [-0.4, -0.2) is 20.5 Å². The SMILES string of the molecule is [C-]#[N+]C1=C[C@@]2(C)c3c(c(-c4cccc(F)c4)nn3-c3ccnc4ccccc34)CC[C@@H]2[C@@H](C)C1=O. The highest BCUT2D eigenvalue weighted by molar-refractivity contribution is 6.00. The van der Waals surface area contributed by atoms with Gasteiger partial charge in [-0.15, -0.1) is 0 Å². The van der Waals surface area contributed by atoms with Crippen molar-refractivity contribution >= 4 is 16.7 Å². The van der Waals surface area contributed by atoms with Gasteiger partial charge in [-0.05, 0) is 43.0 Å². The fraction of sp³-hybridized carbons (Fsp3) is 0.241. The summed E-state index contributed by atoms with van der Waals surface area (Å²) in [6, 6.07) is 16.4. The Morgan fingerprint density at radius 1 is 1.17 bits per heavy atom. The molecule has 0 aliphatic heterocycles. The summed E-state index contributed by atoms with van der Waals surface area (Å²) in [5.41, 5.74) is 4.79. The summed E-state index contributed by atoms with van der Waals surface area (Å²) in [6.45, 7) is 11.7. The number of carbonyl (C=O) groups is 1. The van der Waals surface area contributed by atoms with Crippen LogP contribution in [0.2, 0.25) is 0 Å². The topological polar surface area (TPSA) is 52.1 Å². The smallest absolute Gasteiger partial charge is 0.226 e. The standard InChI is InChI=1S/C29H23FN4O/c1-17-22-12-11-21-26(18-7-6-8-19(30)15-18)33-34(25-13-14-32-23-10-5-4-9-20(23)25)28(21)29(22,2)16-24(31-3)27(17)35/h4-10,13-17,22H,11-12H2,1-2H3/t17-,22-,29-/m1/s1. The van der Waals surface area contributed by atoms with E-state index >= 15 is 0 Å². The van der Waals surface area contributed by atoms with Crippen LogP contribution in [0.4, 0.5) is 4.39 Å². The van der Waals surface area contributed by atoms with Crippen LogP contribution in [0, 0.1) is 24.2 Å². The van der Waals surface area contributed by atoms with Crippen LogP contribution >= 0.6 is 0 Å². The minimum absolute atomic E-state index is 0.0388. The summed E-state index contributed by atoms with van der Waals surface area (Å²) in [5, 5.41) is 6.04. The zero-order chi connectivity index (χ0) is 24.3. The van der Waals surface area contributed by atoms with Gasteiger partial charge in [0.15, 0.2) is 5.78 Å². The summed E-state index contributed by atoms with van der Waals surface area (Å²) in [5.74, 6) is -0.627. The third-order valence-corrected chi connectivity index (χ3v) is 7.75. The van der Waals surface area contributed by atoms with E-state index in [1.165, 1.54) is 12.1 Å². The van der Waals surface area contributed by atoms with E-state index in [4.69, 9.17) is 11.7 Å². The number of allylic oxidation sites excluding steroid dienone is 2. The number of fused-ring (bicyclic) bond motifs is 4. The molecule has 2 aromatic carbocycles. The number of rotatable bonds is 2. The van der Waals surface area contributed by atoms with E-state index in [0.717, 1.165) is 51.9 Å². The van der Waals surface area contributed by atoms with Crippen molar-refractivity contribution < 1.29 is 9.18 Å². The molecule has 0 saturated heterocycles. The van der Waals surface area contributed by atoms with Crippen LogP contribution in [0.1, 0.15) is 31.5 Å². The molecule has 4 aromatic rings. The van der Waals surface area contributed by atoms with Crippen molar-refractivity contribution in [3.63, 3.8) is 0 Å². The Kier molecular flexibility index (Phi) is 4.72. The first-order valence-electron chi connectivity index (χ1n) is 11.8. The molecule has 5 nitrogen and oxygen atoms in total. The van der Waals surface area contributed by atoms with Crippen LogP contribution in [0.25, 0.3) is 32.7 Å². The van der Waals surface area contributed by atoms with Gasteiger partial charge in [-0.1, -0.05) is 50.3 Å². The molecular formula is C29H23FN4O. The van der Waals surface area contributed by atoms with E-state index in [0.29, 0.717) is 0 Å². The molecule has 0 spiro atoms. The molecule has 0 saturated carbocycles. The van der Waals surface area contributed by atoms with E-state index in [1.807, 2.05) is 54.1 Å². The summed E-state index contributed by atoms with van der Waals surface area (Å²) in [4.78, 5) is 21.0. The Morgan fingerprint density at radius 2 is 2.00 bits per heavy atom. The quantitative estimate of drug-likeness (QED) is 0.340. The molecule has 0 N–H and O–H groups in total. The van der Waals surface area contributed by atoms with Gasteiger partial charge in [0.25, 0.3) is 0 Å². The first-order valence-corrected chi connectivity index (χ1v) is 11.8. The Bertz CT molecular complexity index is 1590. The maximum Gasteiger partial charge on any atom is 0.226 e. The van der Waals surface area contributed by atoms with Gasteiger partial charge in [0.2, 0.25) is 5.70 Å². The lowest BCUT2D eigenvalue weighted by atomic mass is 9.58. The number of halogens is 1. The first kappa shape index (κ1) is 21.4. The minimum Gasteiger partial charge on any atom is -0.308 e. The maximum absolute atomic E-state index is 14.2. The van der Waals surface area contributed by atoms with Gasteiger partial charge >= 0.3 is 0 Å². The molecule has 0 bridgehead atoms. The molecule has 3 atom stereocenters. The molecule has 2 aliphatic rings. The Labute approximate surface area is 202 Å². The molecule has 172 valence electrons. The average molecular weight is 463 g/mol. The number of carbonyl (C=O) groups excluding carboxylic acids is 1. The van der Waals surface area contributed by atoms with Gasteiger partial charge in [-0.3, -0.25) is 4.98 Å². The van der Waals surface area contributed by atoms with E-state index in [2.05, 4.69) is 16.8 Å². The second-order valence-electron chi connectivity index (χ2n) is 9.67. The summed E-state index contributed by atoms with van der Waals surface area (Å²) in [6.07, 6.45) is 5.14. The summed E-state index contributed by atoms with van der Waals surface area (Å²) < 4.78 is 16.2. The van der Waals surface area contributed by atoms with Crippen molar-refractivity contribution in [2.24, 2.45) is 11.8 Å². The second kappa shape index (κ2) is 7.71. The molecule has 2 aliphatic carbocycles. The van der Waals surface area contributed by atoms with Gasteiger partial charge in [0.05, 0.1) is 29.2 Å². The third-order valence-electron chi connectivity index (χ3n) is 7.75.